The second-order valence-electron chi connectivity index (χ2n) is 5.82. The average Bonchev–Trinajstić information content (AvgIpc) is 3.14. The van der Waals surface area contributed by atoms with Crippen molar-refractivity contribution >= 4 is 46.9 Å². The zero-order chi connectivity index (χ0) is 18.6. The Kier molecular flexibility index (Phi) is 5.09. The molecular weight excluding hydrogens is 385 g/mol. The van der Waals surface area contributed by atoms with Gasteiger partial charge in [0.05, 0.1) is 0 Å². The molecule has 3 aromatic rings. The van der Waals surface area contributed by atoms with Gasteiger partial charge in [0.15, 0.2) is 5.82 Å². The maximum Gasteiger partial charge on any atom is 0.342 e. The second kappa shape index (κ2) is 7.82. The number of halogens is 2. The number of fused-ring (bicyclic) bond motifs is 1. The van der Waals surface area contributed by atoms with Gasteiger partial charge >= 0.3 is 11.1 Å². The van der Waals surface area contributed by atoms with E-state index in [2.05, 4.69) is 25.6 Å². The van der Waals surface area contributed by atoms with Crippen LogP contribution < -0.4 is 20.4 Å². The van der Waals surface area contributed by atoms with Gasteiger partial charge in [0.1, 0.15) is 12.4 Å². The summed E-state index contributed by atoms with van der Waals surface area (Å²) in [6, 6.07) is 15.5. The van der Waals surface area contributed by atoms with Crippen LogP contribution in [0.25, 0.3) is 0 Å². The molecule has 2 aromatic carbocycles. The smallest absolute Gasteiger partial charge is 0.342 e. The van der Waals surface area contributed by atoms with Gasteiger partial charge in [0.2, 0.25) is 12.0 Å². The molecule has 4 rings (SSSR count). The third-order valence-electron chi connectivity index (χ3n) is 3.96. The first-order valence-electron chi connectivity index (χ1n) is 8.25. The molecule has 0 spiro atoms. The van der Waals surface area contributed by atoms with Gasteiger partial charge in [-0.25, -0.2) is 0 Å². The molecule has 8 heteroatoms. The first-order chi connectivity index (χ1) is 13.2. The lowest BCUT2D eigenvalue weighted by molar-refractivity contribution is 0.303. The number of aromatic nitrogens is 2. The molecule has 0 unspecified atom stereocenters. The molecule has 0 saturated heterocycles. The molecule has 0 saturated carbocycles. The molecule has 1 aliphatic heterocycles. The first-order valence-corrected chi connectivity index (χ1v) is 9.00. The van der Waals surface area contributed by atoms with Gasteiger partial charge < -0.3 is 10.1 Å². The van der Waals surface area contributed by atoms with E-state index in [1.807, 2.05) is 42.5 Å². The molecule has 1 aromatic heterocycles. The number of rotatable bonds is 6. The SMILES string of the molecule is Clc1ccc(OCc2ccccc2)c(CNc2nc(Cl)nc3c2NC=[N+]3)c1. The van der Waals surface area contributed by atoms with Crippen LogP contribution in [0.2, 0.25) is 10.3 Å². The van der Waals surface area contributed by atoms with E-state index in [4.69, 9.17) is 27.9 Å². The van der Waals surface area contributed by atoms with E-state index >= 15 is 0 Å². The monoisotopic (exact) mass is 399 g/mol. The van der Waals surface area contributed by atoms with Crippen LogP contribution in [0.5, 0.6) is 5.75 Å². The standard InChI is InChI=1S/C19H15Cl2N5O/c20-14-6-7-15(27-10-12-4-2-1-3-5-12)13(8-14)9-22-17-16-18(24-11-23-16)26-19(21)25-17/h1-8,11,23H,9-10H2,(H,22,25,26)/q+1. The van der Waals surface area contributed by atoms with E-state index in [1.165, 1.54) is 0 Å². The van der Waals surface area contributed by atoms with Crippen LogP contribution in [-0.2, 0) is 13.2 Å². The number of hydrogen-bond donors (Lipinski definition) is 2. The van der Waals surface area contributed by atoms with Crippen molar-refractivity contribution in [2.45, 2.75) is 13.2 Å². The Morgan fingerprint density at radius 3 is 2.78 bits per heavy atom. The van der Waals surface area contributed by atoms with Crippen molar-refractivity contribution in [3.05, 3.63) is 70.0 Å². The van der Waals surface area contributed by atoms with Crippen LogP contribution in [0.1, 0.15) is 11.1 Å². The summed E-state index contributed by atoms with van der Waals surface area (Å²) < 4.78 is 5.99. The van der Waals surface area contributed by atoms with Crippen LogP contribution >= 0.6 is 23.2 Å². The maximum atomic E-state index is 6.17. The van der Waals surface area contributed by atoms with Gasteiger partial charge in [-0.2, -0.15) is 4.98 Å². The van der Waals surface area contributed by atoms with Crippen LogP contribution in [-0.4, -0.2) is 16.3 Å². The van der Waals surface area contributed by atoms with Crippen LogP contribution in [0.4, 0.5) is 17.3 Å². The fourth-order valence-corrected chi connectivity index (χ4v) is 3.04. The van der Waals surface area contributed by atoms with Gasteiger partial charge in [0, 0.05) is 17.1 Å². The van der Waals surface area contributed by atoms with Crippen LogP contribution in [0, 0.1) is 0 Å². The fourth-order valence-electron chi connectivity index (χ4n) is 2.68. The van der Waals surface area contributed by atoms with E-state index in [9.17, 15) is 0 Å². The zero-order valence-corrected chi connectivity index (χ0v) is 15.6. The Hall–Kier alpha value is -2.83. The summed E-state index contributed by atoms with van der Waals surface area (Å²) in [5.74, 6) is 1.82. The summed E-state index contributed by atoms with van der Waals surface area (Å²) in [5.41, 5.74) is 2.68. The van der Waals surface area contributed by atoms with Crippen molar-refractivity contribution in [1.29, 1.82) is 0 Å². The number of hydrogen-bond acceptors (Lipinski definition) is 6. The normalized spacial score (nSPS) is 11.8. The molecule has 135 valence electrons. The predicted octanol–water partition coefficient (Wildman–Crippen LogP) is 4.40. The maximum absolute atomic E-state index is 6.17. The van der Waals surface area contributed by atoms with Crippen molar-refractivity contribution in [2.24, 2.45) is 0 Å². The molecule has 2 N–H and O–H groups in total. The lowest BCUT2D eigenvalue weighted by Crippen LogP contribution is -2.07. The Balaban J connectivity index is 1.51. The highest BCUT2D eigenvalue weighted by molar-refractivity contribution is 6.30. The van der Waals surface area contributed by atoms with Gasteiger partial charge in [-0.15, -0.1) is 0 Å². The third-order valence-corrected chi connectivity index (χ3v) is 4.37. The quantitative estimate of drug-likeness (QED) is 0.601. The second-order valence-corrected chi connectivity index (χ2v) is 6.60. The minimum absolute atomic E-state index is 0.128. The van der Waals surface area contributed by atoms with Crippen molar-refractivity contribution in [2.75, 3.05) is 10.6 Å². The number of nitrogens with zero attached hydrogens (tertiary/aromatic N) is 3. The molecule has 0 fully saturated rings. The molecule has 2 heterocycles. The summed E-state index contributed by atoms with van der Waals surface area (Å²) >= 11 is 12.1. The highest BCUT2D eigenvalue weighted by atomic mass is 35.5. The summed E-state index contributed by atoms with van der Waals surface area (Å²) in [5, 5.41) is 7.02. The Bertz CT molecular complexity index is 995. The van der Waals surface area contributed by atoms with E-state index in [0.717, 1.165) is 16.9 Å². The first kappa shape index (κ1) is 17.6. The van der Waals surface area contributed by atoms with E-state index in [1.54, 1.807) is 12.4 Å². The van der Waals surface area contributed by atoms with Gasteiger partial charge in [-0.05, 0) is 35.4 Å². The summed E-state index contributed by atoms with van der Waals surface area (Å²) in [4.78, 5) is 12.4. The molecule has 1 radical (unpaired) electrons. The molecule has 0 atom stereocenters. The van der Waals surface area contributed by atoms with Crippen LogP contribution in [0.3, 0.4) is 0 Å². The fraction of sp³-hybridized carbons (Fsp3) is 0.105. The molecule has 0 aliphatic carbocycles. The van der Waals surface area contributed by atoms with Gasteiger partial charge in [0.25, 0.3) is 0 Å². The van der Waals surface area contributed by atoms with Crippen LogP contribution in [0.15, 0.2) is 48.5 Å². The highest BCUT2D eigenvalue weighted by Crippen LogP contribution is 2.31. The Morgan fingerprint density at radius 2 is 1.93 bits per heavy atom. The third kappa shape index (κ3) is 4.13. The lowest BCUT2D eigenvalue weighted by Gasteiger charge is -2.13. The average molecular weight is 400 g/mol. The van der Waals surface area contributed by atoms with E-state index in [-0.39, 0.29) is 5.28 Å². The lowest BCUT2D eigenvalue weighted by atomic mass is 10.2. The number of aliphatic imine (C=N–C) groups is 1. The Labute approximate surface area is 166 Å². The molecule has 0 bridgehead atoms. The predicted molar refractivity (Wildman–Crippen MR) is 108 cm³/mol. The molecule has 6 nitrogen and oxygen atoms in total. The molecule has 0 amide bonds. The van der Waals surface area contributed by atoms with Gasteiger partial charge in [-0.3, -0.25) is 5.32 Å². The topological polar surface area (TPSA) is 73.2 Å². The molecular formula is C19H15Cl2N5O+. The minimum Gasteiger partial charge on any atom is -0.489 e. The van der Waals surface area contributed by atoms with Gasteiger partial charge in [-0.1, -0.05) is 51.9 Å². The number of anilines is 2. The van der Waals surface area contributed by atoms with Crippen molar-refractivity contribution in [3.63, 3.8) is 0 Å². The largest absolute Gasteiger partial charge is 0.489 e. The summed E-state index contributed by atoms with van der Waals surface area (Å²) in [6.07, 6.45) is 1.55. The van der Waals surface area contributed by atoms with Crippen molar-refractivity contribution in [3.8, 4) is 5.75 Å². The summed E-state index contributed by atoms with van der Waals surface area (Å²) in [7, 11) is 0. The summed E-state index contributed by atoms with van der Waals surface area (Å²) in [6.45, 7) is 0.922. The van der Waals surface area contributed by atoms with Crippen molar-refractivity contribution in [1.82, 2.24) is 15.0 Å². The zero-order valence-electron chi connectivity index (χ0n) is 14.1. The van der Waals surface area contributed by atoms with Crippen molar-refractivity contribution < 1.29 is 4.74 Å². The number of benzene rings is 2. The Morgan fingerprint density at radius 1 is 1.07 bits per heavy atom. The minimum atomic E-state index is 0.128. The number of nitrogens with one attached hydrogen (secondary N) is 2. The van der Waals surface area contributed by atoms with E-state index < -0.39 is 0 Å². The van der Waals surface area contributed by atoms with E-state index in [0.29, 0.717) is 35.5 Å². The molecule has 1 aliphatic rings. The number of ether oxygens (including phenoxy) is 1. The highest BCUT2D eigenvalue weighted by Gasteiger charge is 2.24. The molecule has 27 heavy (non-hydrogen) atoms.